The van der Waals surface area contributed by atoms with Gasteiger partial charge in [-0.1, -0.05) is 18.8 Å². The number of hydrogen-bond acceptors (Lipinski definition) is 2. The zero-order chi connectivity index (χ0) is 28.8. The van der Waals surface area contributed by atoms with E-state index in [1.807, 2.05) is 0 Å². The molecule has 0 radical (unpaired) electrons. The summed E-state index contributed by atoms with van der Waals surface area (Å²) in [6, 6.07) is 0.246. The van der Waals surface area contributed by atoms with Crippen LogP contribution in [0.2, 0.25) is 0 Å². The van der Waals surface area contributed by atoms with E-state index < -0.39 is 80.5 Å². The lowest BCUT2D eigenvalue weighted by Gasteiger charge is -2.58. The summed E-state index contributed by atoms with van der Waals surface area (Å²) in [4.78, 5) is 0.450. The fourth-order valence-electron chi connectivity index (χ4n) is 2.94. The molecule has 1 aromatic rings. The van der Waals surface area contributed by atoms with Crippen molar-refractivity contribution < 1.29 is 28.0 Å². The Morgan fingerprint density at radius 1 is 1.45 bits per heavy atom. The summed E-state index contributed by atoms with van der Waals surface area (Å²) in [7, 11) is -2.11. The zero-order valence-corrected chi connectivity index (χ0v) is 10.8. The minimum Gasteiger partial charge on any atom is -0.497 e. The molecule has 3 atom stereocenters. The second kappa shape index (κ2) is 4.49. The van der Waals surface area contributed by atoms with E-state index in [0.29, 0.717) is 4.90 Å². The number of piperidine rings is 1. The van der Waals surface area contributed by atoms with Crippen LogP contribution in [0.25, 0.3) is 0 Å². The summed E-state index contributed by atoms with van der Waals surface area (Å²) in [6.07, 6.45) is -19.7. The van der Waals surface area contributed by atoms with Crippen LogP contribution in [0.3, 0.4) is 0 Å². The first-order valence-electron chi connectivity index (χ1n) is 14.7. The Morgan fingerprint density at radius 2 is 2.40 bits per heavy atom. The molecule has 0 aromatic heterocycles. The molecule has 3 aliphatic rings. The molecule has 1 aliphatic heterocycles. The van der Waals surface area contributed by atoms with Gasteiger partial charge in [-0.05, 0) is 68.2 Å². The first kappa shape index (κ1) is 4.04. The minimum absolute atomic E-state index is 0.0834. The maximum Gasteiger partial charge on any atom is 0.119 e. The Bertz CT molecular complexity index is 1160. The SMILES string of the molecule is [2H]C([2H])([2H])Oc1ccc2c(c1)[C@@]13C([2H])([2H])C([2H])([2H])N(C)[C@@]([2H])(C2)[C@@]1([2H])C([2H])([2H])C([2H])([2H])C([2H])([2H])C3([2H])[2H]. The first-order chi connectivity index (χ1) is 16.2. The number of methoxy groups -OCH3 is 1. The standard InChI is InChI=1S/C18H25NO/c1-19-10-9-18-8-4-3-5-15(18)17(19)11-13-6-7-14(20-2)12-16(13)18/h6-7,12,15,17H,3-5,8-11H2,1-2H3/t15-,17+,18+/m1/s1/i2D3,3D2,4D2,5D2,8D2,9D2,10D2,15D,17D. The molecule has 2 heteroatoms. The maximum atomic E-state index is 9.50. The highest BCUT2D eigenvalue weighted by molar-refractivity contribution is 5.45. The monoisotopic (exact) mass is 288 g/mol. The molecule has 1 heterocycles. The summed E-state index contributed by atoms with van der Waals surface area (Å²) >= 11 is 0. The van der Waals surface area contributed by atoms with Crippen LogP contribution in [0.1, 0.15) is 66.3 Å². The molecule has 0 N–H and O–H groups in total. The molecule has 0 spiro atoms. The van der Waals surface area contributed by atoms with E-state index in [1.165, 1.54) is 0 Å². The average molecular weight is 289 g/mol. The summed E-state index contributed by atoms with van der Waals surface area (Å²) in [5.74, 6) is -4.02. The van der Waals surface area contributed by atoms with Crippen molar-refractivity contribution in [2.45, 2.75) is 49.7 Å². The number of ether oxygens (including phenoxy) is 1. The molecule has 0 unspecified atom stereocenters. The molecular weight excluding hydrogens is 246 g/mol. The molecule has 2 fully saturated rings. The Labute approximate surface area is 146 Å². The second-order valence-electron chi connectivity index (χ2n) is 4.97. The molecule has 0 amide bonds. The van der Waals surface area contributed by atoms with Gasteiger partial charge >= 0.3 is 0 Å². The van der Waals surface area contributed by atoms with Crippen molar-refractivity contribution in [3.8, 4) is 5.75 Å². The molecule has 4 rings (SSSR count). The molecule has 20 heavy (non-hydrogen) atoms. The molecule has 2 nitrogen and oxygen atoms in total. The predicted molar refractivity (Wildman–Crippen MR) is 81.4 cm³/mol. The van der Waals surface area contributed by atoms with E-state index in [2.05, 4.69) is 0 Å². The third-order valence-electron chi connectivity index (χ3n) is 3.94. The molecule has 2 bridgehead atoms. The molecule has 2 aliphatic carbocycles. The number of rotatable bonds is 1. The first-order valence-corrected chi connectivity index (χ1v) is 6.25. The lowest BCUT2D eigenvalue weighted by Crippen LogP contribution is -2.59. The highest BCUT2D eigenvalue weighted by Crippen LogP contribution is 2.55. The van der Waals surface area contributed by atoms with E-state index in [-0.39, 0.29) is 5.56 Å². The van der Waals surface area contributed by atoms with Crippen LogP contribution in [0.4, 0.5) is 0 Å². The third kappa shape index (κ3) is 1.60. The van der Waals surface area contributed by atoms with Gasteiger partial charge in [0.25, 0.3) is 0 Å². The van der Waals surface area contributed by atoms with Crippen molar-refractivity contribution in [3.05, 3.63) is 29.3 Å². The van der Waals surface area contributed by atoms with Crippen LogP contribution in [0.15, 0.2) is 18.2 Å². The summed E-state index contributed by atoms with van der Waals surface area (Å²) in [5.41, 5.74) is -4.26. The van der Waals surface area contributed by atoms with Crippen molar-refractivity contribution in [2.75, 3.05) is 20.6 Å². The third-order valence-corrected chi connectivity index (χ3v) is 3.94. The van der Waals surface area contributed by atoms with E-state index in [4.69, 9.17) is 25.3 Å². The lowest BCUT2D eigenvalue weighted by atomic mass is 9.52. The fourth-order valence-corrected chi connectivity index (χ4v) is 2.94. The van der Waals surface area contributed by atoms with Crippen molar-refractivity contribution in [1.82, 2.24) is 4.90 Å². The Balaban J connectivity index is 2.32. The van der Waals surface area contributed by atoms with Crippen LogP contribution in [0, 0.1) is 5.89 Å². The zero-order valence-electron chi connectivity index (χ0n) is 27.8. The van der Waals surface area contributed by atoms with Crippen LogP contribution in [0.5, 0.6) is 5.75 Å². The van der Waals surface area contributed by atoms with Gasteiger partial charge in [0.2, 0.25) is 0 Å². The van der Waals surface area contributed by atoms with Gasteiger partial charge in [0.1, 0.15) is 5.75 Å². The van der Waals surface area contributed by atoms with E-state index >= 15 is 0 Å². The quantitative estimate of drug-likeness (QED) is 0.785. The number of benzene rings is 1. The van der Waals surface area contributed by atoms with Crippen LogP contribution < -0.4 is 4.74 Å². The number of likely N-dealkylation sites (tertiary alicyclic amines) is 1. The van der Waals surface area contributed by atoms with Gasteiger partial charge in [0.15, 0.2) is 0 Å². The fraction of sp³-hybridized carbons (Fsp3) is 0.667. The van der Waals surface area contributed by atoms with Gasteiger partial charge in [-0.3, -0.25) is 0 Å². The highest BCUT2D eigenvalue weighted by Gasteiger charge is 2.53. The Kier molecular flexibility index (Phi) is 0.907. The largest absolute Gasteiger partial charge is 0.497 e. The topological polar surface area (TPSA) is 12.5 Å². The van der Waals surface area contributed by atoms with Gasteiger partial charge in [0.05, 0.1) is 11.2 Å². The lowest BCUT2D eigenvalue weighted by molar-refractivity contribution is 0.00274. The summed E-state index contributed by atoms with van der Waals surface area (Å²) < 4.78 is 150. The molecule has 1 aromatic carbocycles. The maximum absolute atomic E-state index is 9.50. The minimum atomic E-state index is -3.87. The van der Waals surface area contributed by atoms with E-state index in [1.54, 1.807) is 0 Å². The summed E-state index contributed by atoms with van der Waals surface area (Å²) in [5, 5.41) is 0. The van der Waals surface area contributed by atoms with Gasteiger partial charge in [-0.25, -0.2) is 0 Å². The van der Waals surface area contributed by atoms with Crippen molar-refractivity contribution in [2.24, 2.45) is 5.89 Å². The average Bonchev–Trinajstić information content (AvgIpc) is 2.70. The Hall–Kier alpha value is -1.02. The normalized spacial score (nSPS) is 71.8. The van der Waals surface area contributed by atoms with Gasteiger partial charge in [-0.15, -0.1) is 0 Å². The van der Waals surface area contributed by atoms with Crippen molar-refractivity contribution >= 4 is 0 Å². The molecule has 1 saturated carbocycles. The summed E-state index contributed by atoms with van der Waals surface area (Å²) in [6.45, 7) is -3.30. The van der Waals surface area contributed by atoms with Gasteiger partial charge < -0.3 is 9.64 Å². The van der Waals surface area contributed by atoms with E-state index in [9.17, 15) is 2.74 Å². The number of nitrogens with zero attached hydrogens (tertiary/aromatic N) is 1. The van der Waals surface area contributed by atoms with Crippen LogP contribution in [-0.2, 0) is 11.8 Å². The number of hydrogen-bond donors (Lipinski definition) is 0. The van der Waals surface area contributed by atoms with Crippen LogP contribution >= 0.6 is 0 Å². The number of likely N-dealkylation sites (N-methyl/N-ethyl adjacent to an activating group) is 1. The molecular formula is C18H25NO. The van der Waals surface area contributed by atoms with Gasteiger partial charge in [0, 0.05) is 30.6 Å². The highest BCUT2D eigenvalue weighted by atomic mass is 16.5. The second-order valence-corrected chi connectivity index (χ2v) is 4.97. The molecule has 108 valence electrons. The molecule has 1 saturated heterocycles. The number of fused-ring (bicyclic) bond motifs is 1. The van der Waals surface area contributed by atoms with Gasteiger partial charge in [-0.2, -0.15) is 0 Å². The smallest absolute Gasteiger partial charge is 0.119 e. The Morgan fingerprint density at radius 3 is 3.30 bits per heavy atom. The van der Waals surface area contributed by atoms with E-state index in [0.717, 1.165) is 25.2 Å². The van der Waals surface area contributed by atoms with Crippen molar-refractivity contribution in [1.29, 1.82) is 0 Å². The predicted octanol–water partition coefficient (Wildman–Crippen LogP) is 3.38. The van der Waals surface area contributed by atoms with Crippen molar-refractivity contribution in [3.63, 3.8) is 0 Å². The van der Waals surface area contributed by atoms with Crippen LogP contribution in [-0.4, -0.2) is 31.5 Å².